The number of hydrogen-bond donors (Lipinski definition) is 1. The van der Waals surface area contributed by atoms with Gasteiger partial charge in [0.05, 0.1) is 0 Å². The van der Waals surface area contributed by atoms with Crippen molar-refractivity contribution in [3.05, 3.63) is 34.1 Å². The highest BCUT2D eigenvalue weighted by molar-refractivity contribution is 9.10. The molecule has 1 aromatic heterocycles. The van der Waals surface area contributed by atoms with Crippen molar-refractivity contribution < 1.29 is 4.52 Å². The molecule has 21 heavy (non-hydrogen) atoms. The monoisotopic (exact) mass is 351 g/mol. The van der Waals surface area contributed by atoms with E-state index >= 15 is 0 Å². The van der Waals surface area contributed by atoms with Crippen LogP contribution in [0.5, 0.6) is 0 Å². The van der Waals surface area contributed by atoms with E-state index in [4.69, 9.17) is 4.52 Å². The molecule has 2 rings (SSSR count). The Hall–Kier alpha value is -1.20. The van der Waals surface area contributed by atoms with Crippen LogP contribution in [0, 0.1) is 6.92 Å². The van der Waals surface area contributed by atoms with Crippen LogP contribution >= 0.6 is 15.9 Å². The quantitative estimate of drug-likeness (QED) is 0.814. The summed E-state index contributed by atoms with van der Waals surface area (Å²) in [4.78, 5) is 4.52. The summed E-state index contributed by atoms with van der Waals surface area (Å²) in [7, 11) is 0. The van der Waals surface area contributed by atoms with E-state index in [1.54, 1.807) is 0 Å². The molecular weight excluding hydrogens is 330 g/mol. The Labute approximate surface area is 134 Å². The lowest BCUT2D eigenvalue weighted by atomic mass is 10.1. The van der Waals surface area contributed by atoms with E-state index in [9.17, 15) is 0 Å². The lowest BCUT2D eigenvalue weighted by Gasteiger charge is -2.13. The first kappa shape index (κ1) is 16.2. The van der Waals surface area contributed by atoms with Gasteiger partial charge in [0.15, 0.2) is 0 Å². The highest BCUT2D eigenvalue weighted by atomic mass is 79.9. The lowest BCUT2D eigenvalue weighted by Crippen LogP contribution is -2.31. The molecule has 1 heterocycles. The highest BCUT2D eigenvalue weighted by Gasteiger charge is 2.15. The third-order valence-electron chi connectivity index (χ3n) is 3.43. The van der Waals surface area contributed by atoms with Crippen molar-refractivity contribution in [1.29, 1.82) is 0 Å². The molecule has 0 spiro atoms. The van der Waals surface area contributed by atoms with Crippen LogP contribution in [0.2, 0.25) is 0 Å². The van der Waals surface area contributed by atoms with Gasteiger partial charge in [0.2, 0.25) is 11.7 Å². The Balaban J connectivity index is 2.10. The number of nitrogens with zero attached hydrogens (tertiary/aromatic N) is 2. The van der Waals surface area contributed by atoms with E-state index in [0.29, 0.717) is 17.8 Å². The van der Waals surface area contributed by atoms with Crippen molar-refractivity contribution in [2.45, 2.75) is 46.1 Å². The second-order valence-electron chi connectivity index (χ2n) is 5.26. The first-order chi connectivity index (χ1) is 10.1. The molecule has 114 valence electrons. The van der Waals surface area contributed by atoms with E-state index in [1.807, 2.05) is 12.1 Å². The van der Waals surface area contributed by atoms with Gasteiger partial charge in [0.25, 0.3) is 0 Å². The third kappa shape index (κ3) is 4.38. The number of halogens is 1. The zero-order chi connectivity index (χ0) is 15.2. The minimum absolute atomic E-state index is 0.389. The Bertz CT molecular complexity index is 583. The van der Waals surface area contributed by atoms with E-state index in [1.165, 1.54) is 5.56 Å². The van der Waals surface area contributed by atoms with Gasteiger partial charge in [-0.2, -0.15) is 4.98 Å². The molecule has 1 N–H and O–H groups in total. The molecule has 1 aromatic carbocycles. The average molecular weight is 352 g/mol. The normalized spacial score (nSPS) is 12.6. The van der Waals surface area contributed by atoms with Gasteiger partial charge in [-0.3, -0.25) is 0 Å². The number of rotatable bonds is 7. The van der Waals surface area contributed by atoms with Crippen LogP contribution in [0.25, 0.3) is 11.4 Å². The molecule has 0 fully saturated rings. The van der Waals surface area contributed by atoms with Crippen LogP contribution in [0.3, 0.4) is 0 Å². The first-order valence-electron chi connectivity index (χ1n) is 7.46. The summed E-state index contributed by atoms with van der Waals surface area (Å²) < 4.78 is 6.39. The summed E-state index contributed by atoms with van der Waals surface area (Å²) in [5.41, 5.74) is 2.16. The summed E-state index contributed by atoms with van der Waals surface area (Å²) in [6.45, 7) is 7.41. The second kappa shape index (κ2) is 7.71. The van der Waals surface area contributed by atoms with Crippen LogP contribution < -0.4 is 5.32 Å². The molecule has 4 nitrogen and oxygen atoms in total. The predicted octanol–water partition coefficient (Wildman–Crippen LogP) is 4.13. The summed E-state index contributed by atoms with van der Waals surface area (Å²) in [5.74, 6) is 1.33. The highest BCUT2D eigenvalue weighted by Crippen LogP contribution is 2.27. The summed E-state index contributed by atoms with van der Waals surface area (Å²) in [6, 6.07) is 6.51. The fourth-order valence-electron chi connectivity index (χ4n) is 2.17. The van der Waals surface area contributed by atoms with Crippen LogP contribution in [0.4, 0.5) is 0 Å². The molecule has 1 unspecified atom stereocenters. The fourth-order valence-corrected chi connectivity index (χ4v) is 2.84. The number of aromatic nitrogens is 2. The largest absolute Gasteiger partial charge is 0.339 e. The maximum Gasteiger partial charge on any atom is 0.228 e. The molecule has 5 heteroatoms. The zero-order valence-corrected chi connectivity index (χ0v) is 14.4. The molecule has 0 radical (unpaired) electrons. The number of nitrogens with one attached hydrogen (secondary N) is 1. The maximum absolute atomic E-state index is 5.39. The van der Waals surface area contributed by atoms with Crippen LogP contribution in [0.15, 0.2) is 27.2 Å². The van der Waals surface area contributed by atoms with E-state index in [0.717, 1.165) is 35.8 Å². The fraction of sp³-hybridized carbons (Fsp3) is 0.500. The Kier molecular flexibility index (Phi) is 5.94. The topological polar surface area (TPSA) is 51.0 Å². The second-order valence-corrected chi connectivity index (χ2v) is 6.11. The van der Waals surface area contributed by atoms with Gasteiger partial charge in [-0.05, 0) is 44.0 Å². The first-order valence-corrected chi connectivity index (χ1v) is 8.25. The number of hydrogen-bond acceptors (Lipinski definition) is 4. The molecule has 0 saturated carbocycles. The summed E-state index contributed by atoms with van der Waals surface area (Å²) in [6.07, 6.45) is 2.95. The average Bonchev–Trinajstić information content (AvgIpc) is 2.91. The molecule has 0 aliphatic heterocycles. The smallest absolute Gasteiger partial charge is 0.228 e. The van der Waals surface area contributed by atoms with Crippen molar-refractivity contribution >= 4 is 15.9 Å². The maximum atomic E-state index is 5.39. The molecule has 0 amide bonds. The van der Waals surface area contributed by atoms with E-state index in [-0.39, 0.29) is 0 Å². The Morgan fingerprint density at radius 2 is 2.14 bits per heavy atom. The van der Waals surface area contributed by atoms with Gasteiger partial charge in [0.1, 0.15) is 0 Å². The van der Waals surface area contributed by atoms with Crippen molar-refractivity contribution in [2.75, 3.05) is 6.54 Å². The summed E-state index contributed by atoms with van der Waals surface area (Å²) in [5, 5.41) is 7.60. The Morgan fingerprint density at radius 1 is 1.33 bits per heavy atom. The summed E-state index contributed by atoms with van der Waals surface area (Å²) >= 11 is 3.56. The predicted molar refractivity (Wildman–Crippen MR) is 88.2 cm³/mol. The molecule has 0 aliphatic rings. The zero-order valence-electron chi connectivity index (χ0n) is 12.8. The van der Waals surface area contributed by atoms with E-state index < -0.39 is 0 Å². The van der Waals surface area contributed by atoms with Gasteiger partial charge in [-0.1, -0.05) is 41.0 Å². The van der Waals surface area contributed by atoms with Crippen molar-refractivity contribution in [1.82, 2.24) is 15.5 Å². The minimum Gasteiger partial charge on any atom is -0.339 e. The SMILES string of the molecule is CCCNC(CC)Cc1nc(-c2ccc(C)cc2Br)no1. The molecule has 0 saturated heterocycles. The van der Waals surface area contributed by atoms with Gasteiger partial charge >= 0.3 is 0 Å². The number of aryl methyl sites for hydroxylation is 1. The lowest BCUT2D eigenvalue weighted by molar-refractivity contribution is 0.354. The van der Waals surface area contributed by atoms with E-state index in [2.05, 4.69) is 58.2 Å². The van der Waals surface area contributed by atoms with Crippen LogP contribution in [-0.2, 0) is 6.42 Å². The van der Waals surface area contributed by atoms with Gasteiger partial charge in [-0.25, -0.2) is 0 Å². The standard InChI is InChI=1S/C16H22BrN3O/c1-4-8-18-12(5-2)10-15-19-16(20-21-15)13-7-6-11(3)9-14(13)17/h6-7,9,12,18H,4-5,8,10H2,1-3H3. The van der Waals surface area contributed by atoms with Gasteiger partial charge in [0, 0.05) is 22.5 Å². The minimum atomic E-state index is 0.389. The van der Waals surface area contributed by atoms with Crippen LogP contribution in [-0.4, -0.2) is 22.7 Å². The molecule has 0 aliphatic carbocycles. The Morgan fingerprint density at radius 3 is 2.81 bits per heavy atom. The van der Waals surface area contributed by atoms with Crippen LogP contribution in [0.1, 0.15) is 38.1 Å². The van der Waals surface area contributed by atoms with Crippen molar-refractivity contribution in [2.24, 2.45) is 0 Å². The van der Waals surface area contributed by atoms with Gasteiger partial charge < -0.3 is 9.84 Å². The number of benzene rings is 1. The third-order valence-corrected chi connectivity index (χ3v) is 4.09. The van der Waals surface area contributed by atoms with Crippen molar-refractivity contribution in [3.63, 3.8) is 0 Å². The van der Waals surface area contributed by atoms with Crippen molar-refractivity contribution in [3.8, 4) is 11.4 Å². The van der Waals surface area contributed by atoms with Gasteiger partial charge in [-0.15, -0.1) is 0 Å². The molecule has 0 bridgehead atoms. The molecule has 2 aromatic rings. The molecule has 1 atom stereocenters. The molecular formula is C16H22BrN3O.